The minimum absolute atomic E-state index is 0.160. The highest BCUT2D eigenvalue weighted by Crippen LogP contribution is 2.39. The van der Waals surface area contributed by atoms with Crippen molar-refractivity contribution in [1.29, 1.82) is 0 Å². The van der Waals surface area contributed by atoms with Gasteiger partial charge in [-0.25, -0.2) is 4.79 Å². The lowest BCUT2D eigenvalue weighted by molar-refractivity contribution is 0.0175. The van der Waals surface area contributed by atoms with Crippen LogP contribution in [0.3, 0.4) is 0 Å². The third-order valence-corrected chi connectivity index (χ3v) is 4.46. The van der Waals surface area contributed by atoms with E-state index in [1.165, 1.54) is 11.1 Å². The van der Waals surface area contributed by atoms with Gasteiger partial charge in [0.25, 0.3) is 0 Å². The number of carbonyl (C=O) groups is 1. The third-order valence-electron chi connectivity index (χ3n) is 4.46. The van der Waals surface area contributed by atoms with Crippen LogP contribution in [-0.2, 0) is 11.3 Å². The van der Waals surface area contributed by atoms with E-state index in [4.69, 9.17) is 4.74 Å². The summed E-state index contributed by atoms with van der Waals surface area (Å²) in [6.45, 7) is 8.85. The number of carbonyl (C=O) groups excluding carboxylic acids is 1. The van der Waals surface area contributed by atoms with Crippen molar-refractivity contribution in [3.05, 3.63) is 24.0 Å². The average molecular weight is 317 g/mol. The van der Waals surface area contributed by atoms with Crippen LogP contribution in [0.4, 0.5) is 4.79 Å². The molecule has 1 fully saturated rings. The lowest BCUT2D eigenvalue weighted by Crippen LogP contribution is -2.45. The Morgan fingerprint density at radius 1 is 1.39 bits per heavy atom. The summed E-state index contributed by atoms with van der Waals surface area (Å²) in [6.07, 6.45) is 10.2. The largest absolute Gasteiger partial charge is 0.444 e. The first kappa shape index (κ1) is 16.1. The Labute approximate surface area is 138 Å². The maximum absolute atomic E-state index is 12.5. The van der Waals surface area contributed by atoms with E-state index in [0.717, 1.165) is 32.2 Å². The van der Waals surface area contributed by atoms with Crippen LogP contribution in [0.25, 0.3) is 5.57 Å². The van der Waals surface area contributed by atoms with Crippen LogP contribution < -0.4 is 0 Å². The highest BCUT2D eigenvalue weighted by atomic mass is 16.6. The lowest BCUT2D eigenvalue weighted by atomic mass is 9.97. The molecule has 1 aromatic rings. The standard InChI is InChI=1S/C18H27N3O2/c1-5-8-20-12-14(11-19-20)13-9-15-6-7-16(10-13)21(15)17(22)23-18(2,3)4/h9,11-12,15-16H,5-8,10H2,1-4H3. The molecule has 2 unspecified atom stereocenters. The van der Waals surface area contributed by atoms with Gasteiger partial charge >= 0.3 is 6.09 Å². The van der Waals surface area contributed by atoms with Crippen LogP contribution in [0, 0.1) is 0 Å². The molecule has 0 aliphatic carbocycles. The number of hydrogen-bond acceptors (Lipinski definition) is 3. The first-order valence-corrected chi connectivity index (χ1v) is 8.62. The van der Waals surface area contributed by atoms with Gasteiger partial charge in [0.2, 0.25) is 0 Å². The van der Waals surface area contributed by atoms with Crippen LogP contribution in [0.15, 0.2) is 18.5 Å². The van der Waals surface area contributed by atoms with E-state index in [9.17, 15) is 4.79 Å². The van der Waals surface area contributed by atoms with E-state index in [1.54, 1.807) is 0 Å². The molecule has 3 heterocycles. The summed E-state index contributed by atoms with van der Waals surface area (Å²) in [7, 11) is 0. The predicted octanol–water partition coefficient (Wildman–Crippen LogP) is 3.85. The maximum Gasteiger partial charge on any atom is 0.411 e. The molecule has 1 amide bonds. The summed E-state index contributed by atoms with van der Waals surface area (Å²) in [5, 5.41) is 4.42. The fourth-order valence-electron chi connectivity index (χ4n) is 3.52. The van der Waals surface area contributed by atoms with Crippen LogP contribution in [0.5, 0.6) is 0 Å². The molecule has 2 bridgehead atoms. The number of fused-ring (bicyclic) bond motifs is 2. The van der Waals surface area contributed by atoms with E-state index in [1.807, 2.05) is 36.5 Å². The molecule has 0 spiro atoms. The number of rotatable bonds is 3. The van der Waals surface area contributed by atoms with Gasteiger partial charge in [-0.3, -0.25) is 9.58 Å². The molecule has 23 heavy (non-hydrogen) atoms. The van der Waals surface area contributed by atoms with Crippen LogP contribution in [-0.4, -0.2) is 38.5 Å². The summed E-state index contributed by atoms with van der Waals surface area (Å²) >= 11 is 0. The van der Waals surface area contributed by atoms with E-state index >= 15 is 0 Å². The number of aromatic nitrogens is 2. The van der Waals surface area contributed by atoms with E-state index in [2.05, 4.69) is 24.3 Å². The Morgan fingerprint density at radius 2 is 2.17 bits per heavy atom. The Hall–Kier alpha value is -1.78. The topological polar surface area (TPSA) is 47.4 Å². The molecule has 0 aromatic carbocycles. The molecule has 1 saturated heterocycles. The summed E-state index contributed by atoms with van der Waals surface area (Å²) in [5.74, 6) is 0. The Bertz CT molecular complexity index is 612. The fraction of sp³-hybridized carbons (Fsp3) is 0.667. The Morgan fingerprint density at radius 3 is 2.83 bits per heavy atom. The molecule has 0 saturated carbocycles. The molecule has 5 heteroatoms. The normalized spacial score (nSPS) is 23.8. The van der Waals surface area contributed by atoms with Crippen molar-refractivity contribution in [2.24, 2.45) is 0 Å². The quantitative estimate of drug-likeness (QED) is 0.851. The molecular weight excluding hydrogens is 290 g/mol. The van der Waals surface area contributed by atoms with Gasteiger partial charge in [0, 0.05) is 24.3 Å². The molecule has 5 nitrogen and oxygen atoms in total. The summed E-state index contributed by atoms with van der Waals surface area (Å²) in [5.41, 5.74) is 2.07. The van der Waals surface area contributed by atoms with Crippen molar-refractivity contribution in [2.75, 3.05) is 0 Å². The molecule has 2 aliphatic rings. The van der Waals surface area contributed by atoms with Crippen LogP contribution in [0.1, 0.15) is 58.9 Å². The predicted molar refractivity (Wildman–Crippen MR) is 90.0 cm³/mol. The van der Waals surface area contributed by atoms with Crippen LogP contribution >= 0.6 is 0 Å². The first-order valence-electron chi connectivity index (χ1n) is 8.62. The number of nitrogens with zero attached hydrogens (tertiary/aromatic N) is 3. The summed E-state index contributed by atoms with van der Waals surface area (Å²) < 4.78 is 7.57. The van der Waals surface area contributed by atoms with Crippen molar-refractivity contribution in [1.82, 2.24) is 14.7 Å². The highest BCUT2D eigenvalue weighted by Gasteiger charge is 2.41. The van der Waals surface area contributed by atoms with Gasteiger partial charge in [-0.1, -0.05) is 13.0 Å². The van der Waals surface area contributed by atoms with Gasteiger partial charge in [0.1, 0.15) is 5.60 Å². The number of hydrogen-bond donors (Lipinski definition) is 0. The number of aryl methyl sites for hydroxylation is 1. The van der Waals surface area contributed by atoms with Gasteiger partial charge < -0.3 is 4.74 Å². The fourth-order valence-corrected chi connectivity index (χ4v) is 3.52. The zero-order chi connectivity index (χ0) is 16.6. The second-order valence-corrected chi connectivity index (χ2v) is 7.57. The molecular formula is C18H27N3O2. The zero-order valence-corrected chi connectivity index (χ0v) is 14.6. The van der Waals surface area contributed by atoms with Crippen molar-refractivity contribution < 1.29 is 9.53 Å². The second kappa shape index (κ2) is 6.02. The van der Waals surface area contributed by atoms with Gasteiger partial charge in [-0.2, -0.15) is 5.10 Å². The minimum atomic E-state index is -0.443. The zero-order valence-electron chi connectivity index (χ0n) is 14.6. The molecule has 1 aromatic heterocycles. The lowest BCUT2D eigenvalue weighted by Gasteiger charge is -2.35. The monoisotopic (exact) mass is 317 g/mol. The number of ether oxygens (including phenoxy) is 1. The summed E-state index contributed by atoms with van der Waals surface area (Å²) in [4.78, 5) is 14.4. The van der Waals surface area contributed by atoms with Crippen molar-refractivity contribution in [2.45, 2.75) is 77.6 Å². The summed E-state index contributed by atoms with van der Waals surface area (Å²) in [6, 6.07) is 0.414. The molecule has 3 rings (SSSR count). The second-order valence-electron chi connectivity index (χ2n) is 7.57. The van der Waals surface area contributed by atoms with Gasteiger partial charge in [0.05, 0.1) is 12.2 Å². The molecule has 126 valence electrons. The smallest absolute Gasteiger partial charge is 0.411 e. The van der Waals surface area contributed by atoms with Gasteiger partial charge in [-0.05, 0) is 52.0 Å². The highest BCUT2D eigenvalue weighted by molar-refractivity contribution is 5.74. The van der Waals surface area contributed by atoms with E-state index in [0.29, 0.717) is 0 Å². The molecule has 2 aliphatic heterocycles. The molecule has 0 N–H and O–H groups in total. The van der Waals surface area contributed by atoms with Crippen LogP contribution in [0.2, 0.25) is 0 Å². The molecule has 0 radical (unpaired) electrons. The minimum Gasteiger partial charge on any atom is -0.444 e. The van der Waals surface area contributed by atoms with E-state index < -0.39 is 5.60 Å². The van der Waals surface area contributed by atoms with Gasteiger partial charge in [0.15, 0.2) is 0 Å². The van der Waals surface area contributed by atoms with Crippen molar-refractivity contribution in [3.63, 3.8) is 0 Å². The average Bonchev–Trinajstić information content (AvgIpc) is 3.00. The van der Waals surface area contributed by atoms with Gasteiger partial charge in [-0.15, -0.1) is 0 Å². The van der Waals surface area contributed by atoms with Crippen molar-refractivity contribution >= 4 is 11.7 Å². The van der Waals surface area contributed by atoms with Crippen molar-refractivity contribution in [3.8, 4) is 0 Å². The van der Waals surface area contributed by atoms with E-state index in [-0.39, 0.29) is 18.2 Å². The molecule has 2 atom stereocenters. The Balaban J connectivity index is 1.76. The first-order chi connectivity index (χ1) is 10.9. The SMILES string of the molecule is CCCn1cc(C2=CC3CCC(C2)N3C(=O)OC(C)(C)C)cn1. The third kappa shape index (κ3) is 3.43. The number of amides is 1. The Kier molecular flexibility index (Phi) is 4.21. The maximum atomic E-state index is 12.5.